The third kappa shape index (κ3) is 4.59. The van der Waals surface area contributed by atoms with Crippen LogP contribution in [0.1, 0.15) is 17.0 Å². The van der Waals surface area contributed by atoms with E-state index in [1.54, 1.807) is 18.7 Å². The molecule has 2 aromatic carbocycles. The molecule has 25 heavy (non-hydrogen) atoms. The fourth-order valence-corrected chi connectivity index (χ4v) is 2.40. The normalized spacial score (nSPS) is 10.6. The number of H-pyrrole nitrogens is 1. The van der Waals surface area contributed by atoms with Crippen LogP contribution < -0.4 is 10.2 Å². The van der Waals surface area contributed by atoms with Gasteiger partial charge in [0.25, 0.3) is 5.91 Å². The van der Waals surface area contributed by atoms with Crippen LogP contribution in [0.4, 0.5) is 0 Å². The monoisotopic (exact) mass is 359 g/mol. The molecule has 0 bridgehead atoms. The first-order valence-corrected chi connectivity index (χ1v) is 7.41. The maximum atomic E-state index is 11.0. The lowest BCUT2D eigenvalue weighted by Gasteiger charge is -1.99. The number of rotatable bonds is 5. The number of hydrogen-bond donors (Lipinski definition) is 3. The minimum absolute atomic E-state index is 0. The van der Waals surface area contributed by atoms with E-state index in [1.807, 2.05) is 42.5 Å². The topological polar surface area (TPSA) is 87.2 Å². The average molecular weight is 360 g/mol. The molecule has 0 aliphatic heterocycles. The lowest BCUT2D eigenvalue weighted by atomic mass is 10.1. The Labute approximate surface area is 150 Å². The molecule has 3 aromatic rings. The molecule has 130 valence electrons. The standard InChI is InChI=1S/C18H17N3O3.ClH/c1-24-14-7-8-15-16(11-14)20-17(19-15)10-13-4-2-12(3-5-13)6-9-18(22)21-23;/h2-9,11,23H,10H2,1H3,(H,19,20)(H,21,22);1H/b9-6+;. The summed E-state index contributed by atoms with van der Waals surface area (Å²) < 4.78 is 5.21. The third-order valence-electron chi connectivity index (χ3n) is 3.63. The highest BCUT2D eigenvalue weighted by atomic mass is 35.5. The van der Waals surface area contributed by atoms with Crippen LogP contribution in [0.2, 0.25) is 0 Å². The highest BCUT2D eigenvalue weighted by molar-refractivity contribution is 5.90. The number of imidazole rings is 1. The van der Waals surface area contributed by atoms with E-state index in [2.05, 4.69) is 9.97 Å². The summed E-state index contributed by atoms with van der Waals surface area (Å²) >= 11 is 0. The Kier molecular flexibility index (Phi) is 6.16. The average Bonchev–Trinajstić information content (AvgIpc) is 3.02. The first-order valence-electron chi connectivity index (χ1n) is 7.41. The second-order valence-corrected chi connectivity index (χ2v) is 5.29. The van der Waals surface area contributed by atoms with Gasteiger partial charge < -0.3 is 9.72 Å². The second kappa shape index (κ2) is 8.32. The lowest BCUT2D eigenvalue weighted by molar-refractivity contribution is -0.124. The van der Waals surface area contributed by atoms with Crippen LogP contribution in [0.25, 0.3) is 17.1 Å². The van der Waals surface area contributed by atoms with Crippen LogP contribution in [0.15, 0.2) is 48.5 Å². The fraction of sp³-hybridized carbons (Fsp3) is 0.111. The van der Waals surface area contributed by atoms with Crippen molar-refractivity contribution >= 4 is 35.4 Å². The summed E-state index contributed by atoms with van der Waals surface area (Å²) in [6.07, 6.45) is 3.57. The van der Waals surface area contributed by atoms with Crippen molar-refractivity contribution in [2.45, 2.75) is 6.42 Å². The number of methoxy groups -OCH3 is 1. The molecule has 0 saturated heterocycles. The molecule has 3 N–H and O–H groups in total. The van der Waals surface area contributed by atoms with Crippen LogP contribution >= 0.6 is 12.4 Å². The van der Waals surface area contributed by atoms with E-state index in [-0.39, 0.29) is 12.4 Å². The van der Waals surface area contributed by atoms with Crippen molar-refractivity contribution in [3.05, 3.63) is 65.5 Å². The summed E-state index contributed by atoms with van der Waals surface area (Å²) in [5, 5.41) is 8.44. The van der Waals surface area contributed by atoms with E-state index in [0.717, 1.165) is 33.7 Å². The quantitative estimate of drug-likeness (QED) is 0.371. The van der Waals surface area contributed by atoms with Gasteiger partial charge in [-0.3, -0.25) is 10.0 Å². The molecule has 3 rings (SSSR count). The summed E-state index contributed by atoms with van der Waals surface area (Å²) in [7, 11) is 1.64. The lowest BCUT2D eigenvalue weighted by Crippen LogP contribution is -2.14. The Morgan fingerprint density at radius 2 is 2.04 bits per heavy atom. The van der Waals surface area contributed by atoms with Gasteiger partial charge in [-0.05, 0) is 29.3 Å². The predicted octanol–water partition coefficient (Wildman–Crippen LogP) is 3.10. The molecule has 0 aliphatic rings. The first kappa shape index (κ1) is 18.5. The Bertz CT molecular complexity index is 888. The van der Waals surface area contributed by atoms with Gasteiger partial charge >= 0.3 is 0 Å². The van der Waals surface area contributed by atoms with Crippen molar-refractivity contribution in [1.29, 1.82) is 0 Å². The zero-order valence-electron chi connectivity index (χ0n) is 13.5. The zero-order chi connectivity index (χ0) is 16.9. The number of ether oxygens (including phenoxy) is 1. The highest BCUT2D eigenvalue weighted by Crippen LogP contribution is 2.20. The highest BCUT2D eigenvalue weighted by Gasteiger charge is 2.05. The van der Waals surface area contributed by atoms with E-state index < -0.39 is 5.91 Å². The Balaban J connectivity index is 0.00000225. The summed E-state index contributed by atoms with van der Waals surface area (Å²) in [4.78, 5) is 18.8. The molecule has 0 unspecified atom stereocenters. The van der Waals surface area contributed by atoms with Crippen LogP contribution in [0.5, 0.6) is 5.75 Å². The molecule has 6 nitrogen and oxygen atoms in total. The van der Waals surface area contributed by atoms with Gasteiger partial charge in [0.2, 0.25) is 0 Å². The molecule has 7 heteroatoms. The van der Waals surface area contributed by atoms with Crippen LogP contribution in [0, 0.1) is 0 Å². The number of nitrogens with zero attached hydrogens (tertiary/aromatic N) is 1. The van der Waals surface area contributed by atoms with Gasteiger partial charge in [-0.2, -0.15) is 0 Å². The molecule has 0 atom stereocenters. The van der Waals surface area contributed by atoms with Crippen LogP contribution in [-0.2, 0) is 11.2 Å². The number of aromatic amines is 1. The number of aromatic nitrogens is 2. The van der Waals surface area contributed by atoms with Crippen LogP contribution in [-0.4, -0.2) is 28.2 Å². The second-order valence-electron chi connectivity index (χ2n) is 5.29. The number of hydrogen-bond acceptors (Lipinski definition) is 4. The van der Waals surface area contributed by atoms with Crippen LogP contribution in [0.3, 0.4) is 0 Å². The summed E-state index contributed by atoms with van der Waals surface area (Å²) in [6.45, 7) is 0. The molecule has 1 aromatic heterocycles. The maximum absolute atomic E-state index is 11.0. The molecule has 1 amide bonds. The van der Waals surface area contributed by atoms with Crippen molar-refractivity contribution in [3.8, 4) is 5.75 Å². The number of amides is 1. The van der Waals surface area contributed by atoms with Crippen molar-refractivity contribution in [2.24, 2.45) is 0 Å². The molecule has 0 spiro atoms. The molecule has 0 saturated carbocycles. The van der Waals surface area contributed by atoms with E-state index in [9.17, 15) is 4.79 Å². The van der Waals surface area contributed by atoms with E-state index in [1.165, 1.54) is 6.08 Å². The summed E-state index contributed by atoms with van der Waals surface area (Å²) in [5.41, 5.74) is 5.37. The van der Waals surface area contributed by atoms with Crippen molar-refractivity contribution in [2.75, 3.05) is 7.11 Å². The molecule has 1 heterocycles. The number of hydroxylamine groups is 1. The predicted molar refractivity (Wildman–Crippen MR) is 98.1 cm³/mol. The van der Waals surface area contributed by atoms with Gasteiger partial charge in [-0.1, -0.05) is 24.3 Å². The van der Waals surface area contributed by atoms with Gasteiger partial charge in [0.1, 0.15) is 11.6 Å². The van der Waals surface area contributed by atoms with Gasteiger partial charge in [0.15, 0.2) is 0 Å². The third-order valence-corrected chi connectivity index (χ3v) is 3.63. The number of fused-ring (bicyclic) bond motifs is 1. The SMILES string of the molecule is COc1ccc2nc(Cc3ccc(/C=C/C(=O)NO)cc3)[nH]c2c1.Cl. The summed E-state index contributed by atoms with van der Waals surface area (Å²) in [6, 6.07) is 13.5. The molecular weight excluding hydrogens is 342 g/mol. The Morgan fingerprint density at radius 1 is 1.28 bits per heavy atom. The molecular formula is C18H18ClN3O3. The number of nitrogens with one attached hydrogen (secondary N) is 2. The van der Waals surface area contributed by atoms with Crippen molar-refractivity contribution in [1.82, 2.24) is 15.4 Å². The smallest absolute Gasteiger partial charge is 0.267 e. The first-order chi connectivity index (χ1) is 11.7. The fourth-order valence-electron chi connectivity index (χ4n) is 2.40. The van der Waals surface area contributed by atoms with Gasteiger partial charge in [0, 0.05) is 18.6 Å². The number of benzene rings is 2. The number of halogens is 1. The maximum Gasteiger partial charge on any atom is 0.267 e. The van der Waals surface area contributed by atoms with Gasteiger partial charge in [0.05, 0.1) is 18.1 Å². The minimum Gasteiger partial charge on any atom is -0.497 e. The Hall–Kier alpha value is -2.83. The van der Waals surface area contributed by atoms with Gasteiger partial charge in [-0.25, -0.2) is 10.5 Å². The number of carbonyl (C=O) groups is 1. The largest absolute Gasteiger partial charge is 0.497 e. The molecule has 0 radical (unpaired) electrons. The Morgan fingerprint density at radius 3 is 2.72 bits per heavy atom. The molecule has 0 fully saturated rings. The van der Waals surface area contributed by atoms with E-state index >= 15 is 0 Å². The number of carbonyl (C=O) groups excluding carboxylic acids is 1. The minimum atomic E-state index is -0.559. The summed E-state index contributed by atoms with van der Waals surface area (Å²) in [5.74, 6) is 1.11. The molecule has 0 aliphatic carbocycles. The van der Waals surface area contributed by atoms with E-state index in [0.29, 0.717) is 6.42 Å². The van der Waals surface area contributed by atoms with Gasteiger partial charge in [-0.15, -0.1) is 12.4 Å². The van der Waals surface area contributed by atoms with E-state index in [4.69, 9.17) is 9.94 Å². The van der Waals surface area contributed by atoms with Crippen molar-refractivity contribution < 1.29 is 14.7 Å². The zero-order valence-corrected chi connectivity index (χ0v) is 14.3. The van der Waals surface area contributed by atoms with Crippen molar-refractivity contribution in [3.63, 3.8) is 0 Å².